The number of rotatable bonds is 9. The van der Waals surface area contributed by atoms with Gasteiger partial charge >= 0.3 is 0 Å². The fraction of sp³-hybridized carbons (Fsp3) is 0.258. The Labute approximate surface area is 222 Å². The van der Waals surface area contributed by atoms with Crippen molar-refractivity contribution in [2.45, 2.75) is 44.2 Å². The number of primary amides is 1. The first kappa shape index (κ1) is 24.1. The molecular formula is C31H32N6O. The highest BCUT2D eigenvalue weighted by Crippen LogP contribution is 2.35. The van der Waals surface area contributed by atoms with Crippen molar-refractivity contribution in [1.29, 1.82) is 0 Å². The Morgan fingerprint density at radius 2 is 1.68 bits per heavy atom. The van der Waals surface area contributed by atoms with E-state index in [9.17, 15) is 4.79 Å². The van der Waals surface area contributed by atoms with Crippen LogP contribution in [0.2, 0.25) is 0 Å². The molecule has 1 fully saturated rings. The number of aryl methyl sites for hydroxylation is 2. The first-order valence-electron chi connectivity index (χ1n) is 13.3. The average Bonchev–Trinajstić information content (AvgIpc) is 3.70. The number of likely N-dealkylation sites (tertiary alicyclic amines) is 1. The van der Waals surface area contributed by atoms with Crippen molar-refractivity contribution >= 4 is 16.8 Å². The van der Waals surface area contributed by atoms with Crippen LogP contribution in [0.4, 0.5) is 0 Å². The molecule has 1 saturated heterocycles. The Hall–Kier alpha value is -4.23. The maximum Gasteiger partial charge on any atom is 0.234 e. The monoisotopic (exact) mass is 504 g/mol. The Kier molecular flexibility index (Phi) is 6.75. The minimum atomic E-state index is -0.320. The summed E-state index contributed by atoms with van der Waals surface area (Å²) < 4.78 is 2.19. The van der Waals surface area contributed by atoms with Crippen LogP contribution in [0.15, 0.2) is 91.1 Å². The number of nitrogens with zero attached hydrogens (tertiary/aromatic N) is 4. The van der Waals surface area contributed by atoms with Gasteiger partial charge in [-0.05, 0) is 61.6 Å². The summed E-state index contributed by atoms with van der Waals surface area (Å²) >= 11 is 0. The summed E-state index contributed by atoms with van der Waals surface area (Å²) in [5, 5.41) is 10.7. The van der Waals surface area contributed by atoms with E-state index in [0.29, 0.717) is 6.42 Å². The van der Waals surface area contributed by atoms with Crippen LogP contribution in [-0.2, 0) is 24.1 Å². The van der Waals surface area contributed by atoms with E-state index >= 15 is 0 Å². The van der Waals surface area contributed by atoms with Crippen LogP contribution >= 0.6 is 0 Å². The van der Waals surface area contributed by atoms with Crippen LogP contribution in [-0.4, -0.2) is 43.1 Å². The normalized spacial score (nSPS) is 16.7. The van der Waals surface area contributed by atoms with E-state index in [0.717, 1.165) is 55.1 Å². The first-order valence-corrected chi connectivity index (χ1v) is 13.3. The first-order chi connectivity index (χ1) is 18.7. The third kappa shape index (κ3) is 4.73. The van der Waals surface area contributed by atoms with E-state index in [1.165, 1.54) is 16.5 Å². The number of amides is 1. The molecule has 0 aliphatic carbocycles. The SMILES string of the molecule is NC(=O)[C@@H]1CCCN1[C@H](Cc1c[nH]c2ccccc12)c1nnc(CCc2ccccc2)n1-c1ccccc1. The van der Waals surface area contributed by atoms with Crippen molar-refractivity contribution in [3.63, 3.8) is 0 Å². The molecular weight excluding hydrogens is 472 g/mol. The molecule has 3 aromatic carbocycles. The fourth-order valence-corrected chi connectivity index (χ4v) is 5.80. The number of benzene rings is 3. The average molecular weight is 505 g/mol. The van der Waals surface area contributed by atoms with Gasteiger partial charge < -0.3 is 10.7 Å². The molecule has 2 atom stereocenters. The van der Waals surface area contributed by atoms with Crippen molar-refractivity contribution in [2.75, 3.05) is 6.54 Å². The van der Waals surface area contributed by atoms with Crippen molar-refractivity contribution in [3.8, 4) is 5.69 Å². The van der Waals surface area contributed by atoms with Crippen molar-refractivity contribution in [3.05, 3.63) is 114 Å². The summed E-state index contributed by atoms with van der Waals surface area (Å²) in [5.74, 6) is 1.48. The predicted octanol–water partition coefficient (Wildman–Crippen LogP) is 4.77. The number of carbonyl (C=O) groups excluding carboxylic acids is 1. The maximum atomic E-state index is 12.5. The zero-order valence-electron chi connectivity index (χ0n) is 21.3. The van der Waals surface area contributed by atoms with Gasteiger partial charge in [0.2, 0.25) is 5.91 Å². The van der Waals surface area contributed by atoms with Crippen LogP contribution in [0.1, 0.15) is 41.7 Å². The quantitative estimate of drug-likeness (QED) is 0.303. The molecule has 0 unspecified atom stereocenters. The second kappa shape index (κ2) is 10.6. The van der Waals surface area contributed by atoms with Gasteiger partial charge in [0.05, 0.1) is 12.1 Å². The number of fused-ring (bicyclic) bond motifs is 1. The van der Waals surface area contributed by atoms with E-state index in [-0.39, 0.29) is 18.0 Å². The Morgan fingerprint density at radius 1 is 0.947 bits per heavy atom. The van der Waals surface area contributed by atoms with Gasteiger partial charge in [-0.15, -0.1) is 10.2 Å². The van der Waals surface area contributed by atoms with Crippen molar-refractivity contribution in [1.82, 2.24) is 24.6 Å². The van der Waals surface area contributed by atoms with Gasteiger partial charge in [-0.1, -0.05) is 66.7 Å². The number of aromatic amines is 1. The van der Waals surface area contributed by atoms with Gasteiger partial charge in [0, 0.05) is 29.2 Å². The molecule has 1 aliphatic heterocycles. The lowest BCUT2D eigenvalue weighted by Gasteiger charge is -2.31. The highest BCUT2D eigenvalue weighted by molar-refractivity contribution is 5.83. The van der Waals surface area contributed by atoms with Crippen LogP contribution in [0.25, 0.3) is 16.6 Å². The molecule has 0 radical (unpaired) electrons. The lowest BCUT2D eigenvalue weighted by molar-refractivity contribution is -0.123. The zero-order chi connectivity index (χ0) is 25.9. The second-order valence-corrected chi connectivity index (χ2v) is 10.0. The lowest BCUT2D eigenvalue weighted by Crippen LogP contribution is -2.43. The maximum absolute atomic E-state index is 12.5. The third-order valence-corrected chi connectivity index (χ3v) is 7.66. The van der Waals surface area contributed by atoms with Gasteiger partial charge in [-0.25, -0.2) is 0 Å². The molecule has 0 spiro atoms. The summed E-state index contributed by atoms with van der Waals surface area (Å²) in [6.07, 6.45) is 6.08. The van der Waals surface area contributed by atoms with Gasteiger partial charge in [-0.3, -0.25) is 14.3 Å². The van der Waals surface area contributed by atoms with Crippen LogP contribution < -0.4 is 5.73 Å². The van der Waals surface area contributed by atoms with Crippen molar-refractivity contribution in [2.24, 2.45) is 5.73 Å². The zero-order valence-corrected chi connectivity index (χ0v) is 21.3. The number of nitrogens with one attached hydrogen (secondary N) is 1. The Morgan fingerprint density at radius 3 is 2.47 bits per heavy atom. The number of hydrogen-bond acceptors (Lipinski definition) is 4. The van der Waals surface area contributed by atoms with Crippen molar-refractivity contribution < 1.29 is 4.79 Å². The van der Waals surface area contributed by atoms with Gasteiger partial charge in [0.1, 0.15) is 5.82 Å². The molecule has 7 nitrogen and oxygen atoms in total. The Balaban J connectivity index is 1.44. The molecule has 38 heavy (non-hydrogen) atoms. The van der Waals surface area contributed by atoms with Crippen LogP contribution in [0.3, 0.4) is 0 Å². The summed E-state index contributed by atoms with van der Waals surface area (Å²) in [6.45, 7) is 0.793. The molecule has 3 heterocycles. The molecule has 7 heteroatoms. The van der Waals surface area contributed by atoms with Gasteiger partial charge in [-0.2, -0.15) is 0 Å². The molecule has 5 aromatic rings. The number of para-hydroxylation sites is 2. The number of aromatic nitrogens is 4. The number of H-pyrrole nitrogens is 1. The predicted molar refractivity (Wildman–Crippen MR) is 149 cm³/mol. The minimum Gasteiger partial charge on any atom is -0.368 e. The Bertz CT molecular complexity index is 1520. The molecule has 0 saturated carbocycles. The molecule has 1 aliphatic rings. The fourth-order valence-electron chi connectivity index (χ4n) is 5.80. The number of carbonyl (C=O) groups is 1. The summed E-state index contributed by atoms with van der Waals surface area (Å²) in [7, 11) is 0. The lowest BCUT2D eigenvalue weighted by atomic mass is 10.0. The summed E-state index contributed by atoms with van der Waals surface area (Å²) in [5.41, 5.74) is 10.5. The van der Waals surface area contributed by atoms with Gasteiger partial charge in [0.25, 0.3) is 0 Å². The van der Waals surface area contributed by atoms with Crippen LogP contribution in [0, 0.1) is 0 Å². The largest absolute Gasteiger partial charge is 0.368 e. The summed E-state index contributed by atoms with van der Waals surface area (Å²) in [6, 6.07) is 28.6. The molecule has 6 rings (SSSR count). The smallest absolute Gasteiger partial charge is 0.234 e. The van der Waals surface area contributed by atoms with E-state index in [4.69, 9.17) is 15.9 Å². The second-order valence-electron chi connectivity index (χ2n) is 10.0. The highest BCUT2D eigenvalue weighted by atomic mass is 16.1. The summed E-state index contributed by atoms with van der Waals surface area (Å²) in [4.78, 5) is 18.2. The molecule has 192 valence electrons. The standard InChI is InChI=1S/C31H32N6O/c32-30(38)27-16-9-19-36(27)28(20-23-21-33-26-15-8-7-14-25(23)26)31-35-34-29(18-17-22-10-3-1-4-11-22)37(31)24-12-5-2-6-13-24/h1-8,10-15,21,27-28,33H,9,16-20H2,(H2,32,38)/t27-,28+/m0/s1. The number of hydrogen-bond donors (Lipinski definition) is 2. The van der Waals surface area contributed by atoms with E-state index in [2.05, 4.69) is 75.2 Å². The molecule has 1 amide bonds. The highest BCUT2D eigenvalue weighted by Gasteiger charge is 2.38. The molecule has 3 N–H and O–H groups in total. The van der Waals surface area contributed by atoms with E-state index < -0.39 is 0 Å². The van der Waals surface area contributed by atoms with Gasteiger partial charge in [0.15, 0.2) is 5.82 Å². The van der Waals surface area contributed by atoms with Crippen LogP contribution in [0.5, 0.6) is 0 Å². The molecule has 2 aromatic heterocycles. The van der Waals surface area contributed by atoms with E-state index in [1.807, 2.05) is 30.3 Å². The molecule has 0 bridgehead atoms. The van der Waals surface area contributed by atoms with E-state index in [1.54, 1.807) is 0 Å². The number of nitrogens with two attached hydrogens (primary N) is 1. The topological polar surface area (TPSA) is 92.8 Å². The third-order valence-electron chi connectivity index (χ3n) is 7.66. The minimum absolute atomic E-state index is 0.160.